The van der Waals surface area contributed by atoms with Crippen molar-refractivity contribution in [3.63, 3.8) is 0 Å². The van der Waals surface area contributed by atoms with Crippen molar-refractivity contribution < 1.29 is 17.1 Å². The highest BCUT2D eigenvalue weighted by atomic mass is 32.3. The number of thiophene rings is 1. The monoisotopic (exact) mass is 194 g/mol. The number of rotatable bonds is 2. The molecule has 0 saturated carbocycles. The van der Waals surface area contributed by atoms with Gasteiger partial charge in [0, 0.05) is 5.56 Å². The Kier molecular flexibility index (Phi) is 2.05. The average Bonchev–Trinajstić information content (AvgIpc) is 2.31. The van der Waals surface area contributed by atoms with E-state index in [0.717, 1.165) is 0 Å². The Labute approximate surface area is 66.7 Å². The molecule has 0 saturated heterocycles. The molecule has 0 spiro atoms. The van der Waals surface area contributed by atoms with Gasteiger partial charge in [-0.2, -0.15) is 8.42 Å². The molecule has 3 nitrogen and oxygen atoms in total. The average molecular weight is 194 g/mol. The zero-order valence-electron chi connectivity index (χ0n) is 5.15. The minimum absolute atomic E-state index is 0.127. The van der Waals surface area contributed by atoms with Crippen LogP contribution in [0.5, 0.6) is 0 Å². The summed E-state index contributed by atoms with van der Waals surface area (Å²) in [5.74, 6) is 0. The van der Waals surface area contributed by atoms with Gasteiger partial charge in [-0.15, -0.1) is 11.3 Å². The summed E-state index contributed by atoms with van der Waals surface area (Å²) in [5, 5.41) is 1.34. The molecular formula is C5H3FO3S2. The molecule has 11 heavy (non-hydrogen) atoms. The van der Waals surface area contributed by atoms with Crippen LogP contribution < -0.4 is 0 Å². The lowest BCUT2D eigenvalue weighted by molar-refractivity contribution is 0.112. The Bertz CT molecular complexity index is 365. The number of aldehydes is 1. The highest BCUT2D eigenvalue weighted by Crippen LogP contribution is 2.22. The van der Waals surface area contributed by atoms with Crippen LogP contribution in [0.15, 0.2) is 15.7 Å². The highest BCUT2D eigenvalue weighted by molar-refractivity contribution is 7.88. The van der Waals surface area contributed by atoms with Crippen LogP contribution in [0.2, 0.25) is 0 Å². The molecule has 60 valence electrons. The third kappa shape index (κ3) is 1.63. The molecule has 6 heteroatoms. The smallest absolute Gasteiger partial charge is 0.298 e. The summed E-state index contributed by atoms with van der Waals surface area (Å²) in [7, 11) is -4.71. The van der Waals surface area contributed by atoms with E-state index in [1.807, 2.05) is 0 Å². The molecule has 0 bridgehead atoms. The van der Waals surface area contributed by atoms with E-state index in [9.17, 15) is 17.1 Å². The van der Waals surface area contributed by atoms with Crippen molar-refractivity contribution in [3.8, 4) is 0 Å². The summed E-state index contributed by atoms with van der Waals surface area (Å²) in [6.07, 6.45) is 0.308. The molecular weight excluding hydrogens is 191 g/mol. The molecule has 0 amide bonds. The van der Waals surface area contributed by atoms with Crippen LogP contribution in [-0.2, 0) is 10.2 Å². The van der Waals surface area contributed by atoms with E-state index < -0.39 is 14.4 Å². The molecule has 1 aromatic heterocycles. The van der Waals surface area contributed by atoms with Crippen molar-refractivity contribution in [1.29, 1.82) is 0 Å². The van der Waals surface area contributed by atoms with Gasteiger partial charge >= 0.3 is 10.2 Å². The molecule has 0 unspecified atom stereocenters. The van der Waals surface area contributed by atoms with Gasteiger partial charge in [0.15, 0.2) is 10.5 Å². The first-order chi connectivity index (χ1) is 5.05. The molecule has 0 aliphatic rings. The Balaban J connectivity index is 3.35. The van der Waals surface area contributed by atoms with Gasteiger partial charge in [-0.3, -0.25) is 4.79 Å². The van der Waals surface area contributed by atoms with E-state index in [4.69, 9.17) is 0 Å². The van der Waals surface area contributed by atoms with Gasteiger partial charge < -0.3 is 0 Å². The van der Waals surface area contributed by atoms with Crippen molar-refractivity contribution in [1.82, 2.24) is 0 Å². The van der Waals surface area contributed by atoms with Crippen molar-refractivity contribution >= 4 is 27.8 Å². The molecule has 0 aliphatic heterocycles. The fourth-order valence-electron chi connectivity index (χ4n) is 0.591. The van der Waals surface area contributed by atoms with Crippen LogP contribution in [0, 0.1) is 0 Å². The SMILES string of the molecule is O=Cc1ccsc1S(=O)(=O)F. The number of halogens is 1. The summed E-state index contributed by atoms with van der Waals surface area (Å²) in [6, 6.07) is 1.25. The third-order valence-corrected chi connectivity index (χ3v) is 3.29. The van der Waals surface area contributed by atoms with Crippen LogP contribution >= 0.6 is 11.3 Å². The van der Waals surface area contributed by atoms with Gasteiger partial charge in [-0.25, -0.2) is 0 Å². The molecule has 0 atom stereocenters. The predicted octanol–water partition coefficient (Wildman–Crippen LogP) is 1.22. The zero-order chi connectivity index (χ0) is 8.48. The third-order valence-electron chi connectivity index (χ3n) is 1.01. The van der Waals surface area contributed by atoms with Gasteiger partial charge in [0.05, 0.1) is 0 Å². The number of carbonyl (C=O) groups excluding carboxylic acids is 1. The van der Waals surface area contributed by atoms with Crippen molar-refractivity contribution in [2.45, 2.75) is 4.21 Å². The number of carbonyl (C=O) groups is 1. The van der Waals surface area contributed by atoms with Crippen molar-refractivity contribution in [2.75, 3.05) is 0 Å². The molecule has 0 aromatic carbocycles. The Morgan fingerprint density at radius 3 is 2.55 bits per heavy atom. The van der Waals surface area contributed by atoms with E-state index >= 15 is 0 Å². The van der Waals surface area contributed by atoms with E-state index in [1.54, 1.807) is 0 Å². The lowest BCUT2D eigenvalue weighted by Gasteiger charge is -1.87. The first-order valence-corrected chi connectivity index (χ1v) is 4.79. The maximum Gasteiger partial charge on any atom is 0.342 e. The molecule has 1 rings (SSSR count). The second kappa shape index (κ2) is 2.71. The predicted molar refractivity (Wildman–Crippen MR) is 38.0 cm³/mol. The number of hydrogen-bond acceptors (Lipinski definition) is 4. The summed E-state index contributed by atoms with van der Waals surface area (Å²) in [6.45, 7) is 0. The molecule has 0 aliphatic carbocycles. The maximum atomic E-state index is 12.2. The normalized spacial score (nSPS) is 11.4. The van der Waals surface area contributed by atoms with Gasteiger partial charge in [0.1, 0.15) is 0 Å². The molecule has 0 N–H and O–H groups in total. The van der Waals surface area contributed by atoms with Crippen LogP contribution in [0.3, 0.4) is 0 Å². The summed E-state index contributed by atoms with van der Waals surface area (Å²) < 4.78 is 32.2. The molecule has 1 heterocycles. The van der Waals surface area contributed by atoms with Crippen LogP contribution in [0.4, 0.5) is 3.89 Å². The van der Waals surface area contributed by atoms with Gasteiger partial charge in [0.2, 0.25) is 0 Å². The summed E-state index contributed by atoms with van der Waals surface area (Å²) in [4.78, 5) is 10.1. The lowest BCUT2D eigenvalue weighted by Crippen LogP contribution is -1.91. The largest absolute Gasteiger partial charge is 0.342 e. The van der Waals surface area contributed by atoms with E-state index in [2.05, 4.69) is 0 Å². The first kappa shape index (κ1) is 8.35. The van der Waals surface area contributed by atoms with Crippen LogP contribution in [-0.4, -0.2) is 14.7 Å². The van der Waals surface area contributed by atoms with E-state index in [1.165, 1.54) is 11.4 Å². The molecule has 0 radical (unpaired) electrons. The minimum Gasteiger partial charge on any atom is -0.298 e. The highest BCUT2D eigenvalue weighted by Gasteiger charge is 2.17. The maximum absolute atomic E-state index is 12.2. The van der Waals surface area contributed by atoms with E-state index in [-0.39, 0.29) is 5.56 Å². The molecule has 0 fully saturated rings. The molecule has 1 aromatic rings. The standard InChI is InChI=1S/C5H3FO3S2/c6-11(8,9)5-4(3-7)1-2-10-5/h1-3H. The first-order valence-electron chi connectivity index (χ1n) is 2.53. The number of hydrogen-bond donors (Lipinski definition) is 0. The van der Waals surface area contributed by atoms with Crippen molar-refractivity contribution in [3.05, 3.63) is 17.0 Å². The van der Waals surface area contributed by atoms with Gasteiger partial charge in [-0.1, -0.05) is 3.89 Å². The summed E-state index contributed by atoms with van der Waals surface area (Å²) >= 11 is 0.687. The van der Waals surface area contributed by atoms with Crippen LogP contribution in [0.25, 0.3) is 0 Å². The van der Waals surface area contributed by atoms with Gasteiger partial charge in [0.25, 0.3) is 0 Å². The fourth-order valence-corrected chi connectivity index (χ4v) is 2.21. The topological polar surface area (TPSA) is 51.2 Å². The van der Waals surface area contributed by atoms with Gasteiger partial charge in [-0.05, 0) is 11.4 Å². The fraction of sp³-hybridized carbons (Fsp3) is 0. The Morgan fingerprint density at radius 2 is 2.18 bits per heavy atom. The quantitative estimate of drug-likeness (QED) is 0.525. The Hall–Kier alpha value is -0.750. The van der Waals surface area contributed by atoms with Crippen LogP contribution in [0.1, 0.15) is 10.4 Å². The zero-order valence-corrected chi connectivity index (χ0v) is 6.78. The Morgan fingerprint density at radius 1 is 1.55 bits per heavy atom. The second-order valence-corrected chi connectivity index (χ2v) is 4.18. The van der Waals surface area contributed by atoms with E-state index in [0.29, 0.717) is 17.6 Å². The minimum atomic E-state index is -4.71. The second-order valence-electron chi connectivity index (χ2n) is 1.72. The lowest BCUT2D eigenvalue weighted by atomic mass is 10.4. The van der Waals surface area contributed by atoms with Crippen molar-refractivity contribution in [2.24, 2.45) is 0 Å². The summed E-state index contributed by atoms with van der Waals surface area (Å²) in [5.41, 5.74) is -0.127.